The maximum Gasteiger partial charge on any atom is 0.320 e. The summed E-state index contributed by atoms with van der Waals surface area (Å²) in [5, 5.41) is 9.22. The lowest BCUT2D eigenvalue weighted by atomic mass is 9.84. The molecule has 0 aliphatic carbocycles. The lowest BCUT2D eigenvalue weighted by Gasteiger charge is -2.25. The van der Waals surface area contributed by atoms with E-state index < -0.39 is 0 Å². The Morgan fingerprint density at radius 1 is 1.24 bits per heavy atom. The molecule has 0 saturated carbocycles. The molecule has 0 saturated heterocycles. The third kappa shape index (κ3) is 4.08. The van der Waals surface area contributed by atoms with Gasteiger partial charge in [-0.1, -0.05) is 48.8 Å². The molecule has 0 bridgehead atoms. The average Bonchev–Trinajstić information content (AvgIpc) is 2.82. The quantitative estimate of drug-likeness (QED) is 0.905. The van der Waals surface area contributed by atoms with Crippen LogP contribution in [0.15, 0.2) is 34.9 Å². The second-order valence-corrected chi connectivity index (χ2v) is 5.88. The van der Waals surface area contributed by atoms with Gasteiger partial charge in [-0.3, -0.25) is 5.32 Å². The molecule has 2 rings (SSSR count). The fraction of sp³-hybridized carbons (Fsp3) is 0.375. The smallest absolute Gasteiger partial charge is 0.320 e. The molecule has 112 valence electrons. The number of carbonyl (C=O) groups excluding carboxylic acids is 1. The minimum absolute atomic E-state index is 0.148. The molecule has 2 N–H and O–H groups in total. The van der Waals surface area contributed by atoms with Crippen molar-refractivity contribution in [2.75, 3.05) is 11.9 Å². The monoisotopic (exact) mass is 287 g/mol. The number of anilines is 1. The number of rotatable bonds is 4. The largest absolute Gasteiger partial charge is 0.360 e. The van der Waals surface area contributed by atoms with Gasteiger partial charge in [-0.2, -0.15) is 0 Å². The van der Waals surface area contributed by atoms with E-state index in [2.05, 4.69) is 60.8 Å². The molecule has 0 aliphatic rings. The van der Waals surface area contributed by atoms with E-state index in [4.69, 9.17) is 4.52 Å². The SMILES string of the molecule is Cc1ccc(C(C)(C)CNC(=O)Nc2cc(C)on2)cc1. The topological polar surface area (TPSA) is 67.2 Å². The van der Waals surface area contributed by atoms with Crippen molar-refractivity contribution >= 4 is 11.8 Å². The number of carbonyl (C=O) groups is 1. The number of hydrogen-bond acceptors (Lipinski definition) is 3. The van der Waals surface area contributed by atoms with Crippen molar-refractivity contribution in [2.45, 2.75) is 33.1 Å². The Hall–Kier alpha value is -2.30. The van der Waals surface area contributed by atoms with E-state index in [-0.39, 0.29) is 11.4 Å². The van der Waals surface area contributed by atoms with Crippen molar-refractivity contribution in [1.82, 2.24) is 10.5 Å². The van der Waals surface area contributed by atoms with Gasteiger partial charge in [0.15, 0.2) is 5.82 Å². The van der Waals surface area contributed by atoms with Gasteiger partial charge in [-0.25, -0.2) is 4.79 Å². The molecule has 0 radical (unpaired) electrons. The standard InChI is InChI=1S/C16H21N3O2/c1-11-5-7-13(8-6-11)16(3,4)10-17-15(20)18-14-9-12(2)21-19-14/h5-9H,10H2,1-4H3,(H2,17,18,19,20). The molecule has 2 amide bonds. The summed E-state index contributed by atoms with van der Waals surface area (Å²) in [5.74, 6) is 1.07. The summed E-state index contributed by atoms with van der Waals surface area (Å²) in [6, 6.07) is 9.73. The van der Waals surface area contributed by atoms with Crippen molar-refractivity contribution in [3.63, 3.8) is 0 Å². The van der Waals surface area contributed by atoms with Crippen molar-refractivity contribution in [3.05, 3.63) is 47.2 Å². The number of hydrogen-bond donors (Lipinski definition) is 2. The van der Waals surface area contributed by atoms with E-state index in [0.717, 1.165) is 0 Å². The van der Waals surface area contributed by atoms with E-state index in [1.165, 1.54) is 11.1 Å². The van der Waals surface area contributed by atoms with Crippen LogP contribution >= 0.6 is 0 Å². The van der Waals surface area contributed by atoms with Crippen LogP contribution in [0.5, 0.6) is 0 Å². The third-order valence-corrected chi connectivity index (χ3v) is 3.39. The van der Waals surface area contributed by atoms with Crippen LogP contribution in [-0.2, 0) is 5.41 Å². The molecule has 0 fully saturated rings. The highest BCUT2D eigenvalue weighted by molar-refractivity contribution is 5.88. The maximum absolute atomic E-state index is 11.8. The van der Waals surface area contributed by atoms with E-state index in [1.807, 2.05) is 0 Å². The average molecular weight is 287 g/mol. The van der Waals surface area contributed by atoms with Crippen LogP contribution in [0.4, 0.5) is 10.6 Å². The number of nitrogens with one attached hydrogen (secondary N) is 2. The first kappa shape index (κ1) is 15.1. The van der Waals surface area contributed by atoms with Crippen LogP contribution in [0.3, 0.4) is 0 Å². The van der Waals surface area contributed by atoms with Gasteiger partial charge in [0.05, 0.1) is 0 Å². The van der Waals surface area contributed by atoms with Crippen molar-refractivity contribution < 1.29 is 9.32 Å². The predicted octanol–water partition coefficient (Wildman–Crippen LogP) is 3.39. The zero-order valence-corrected chi connectivity index (χ0v) is 12.9. The predicted molar refractivity (Wildman–Crippen MR) is 82.5 cm³/mol. The normalized spacial score (nSPS) is 11.2. The second kappa shape index (κ2) is 5.99. The summed E-state index contributed by atoms with van der Waals surface area (Å²) in [6.45, 7) is 8.55. The molecule has 5 nitrogen and oxygen atoms in total. The molecule has 21 heavy (non-hydrogen) atoms. The van der Waals surface area contributed by atoms with Gasteiger partial charge >= 0.3 is 6.03 Å². The van der Waals surface area contributed by atoms with Crippen LogP contribution in [0.25, 0.3) is 0 Å². The Balaban J connectivity index is 1.91. The van der Waals surface area contributed by atoms with Gasteiger partial charge in [0.1, 0.15) is 5.76 Å². The van der Waals surface area contributed by atoms with Gasteiger partial charge in [0.2, 0.25) is 0 Å². The molecule has 0 spiro atoms. The van der Waals surface area contributed by atoms with Gasteiger partial charge in [-0.15, -0.1) is 0 Å². The van der Waals surface area contributed by atoms with Crippen molar-refractivity contribution in [1.29, 1.82) is 0 Å². The lowest BCUT2D eigenvalue weighted by Crippen LogP contribution is -2.39. The molecule has 1 aromatic heterocycles. The van der Waals surface area contributed by atoms with Crippen LogP contribution < -0.4 is 10.6 Å². The van der Waals surface area contributed by atoms with Crippen LogP contribution in [0.2, 0.25) is 0 Å². The number of urea groups is 1. The number of aromatic nitrogens is 1. The molecule has 5 heteroatoms. The van der Waals surface area contributed by atoms with Crippen LogP contribution in [-0.4, -0.2) is 17.7 Å². The Bertz CT molecular complexity index is 615. The first-order valence-electron chi connectivity index (χ1n) is 6.92. The molecule has 2 aromatic rings. The van der Waals surface area contributed by atoms with Gasteiger partial charge in [-0.05, 0) is 19.4 Å². The minimum atomic E-state index is -0.288. The van der Waals surface area contributed by atoms with E-state index in [0.29, 0.717) is 18.1 Å². The number of aryl methyl sites for hydroxylation is 2. The first-order chi connectivity index (χ1) is 9.87. The Morgan fingerprint density at radius 3 is 2.48 bits per heavy atom. The number of nitrogens with zero attached hydrogens (tertiary/aromatic N) is 1. The van der Waals surface area contributed by atoms with Crippen molar-refractivity contribution in [3.8, 4) is 0 Å². The van der Waals surface area contributed by atoms with E-state index in [9.17, 15) is 4.79 Å². The Kier molecular flexibility index (Phi) is 4.31. The molecule has 1 heterocycles. The third-order valence-electron chi connectivity index (χ3n) is 3.39. The summed E-state index contributed by atoms with van der Waals surface area (Å²) < 4.78 is 4.90. The van der Waals surface area contributed by atoms with E-state index >= 15 is 0 Å². The number of amides is 2. The summed E-state index contributed by atoms with van der Waals surface area (Å²) >= 11 is 0. The van der Waals surface area contributed by atoms with Gasteiger partial charge in [0, 0.05) is 18.0 Å². The summed E-state index contributed by atoms with van der Waals surface area (Å²) in [5.41, 5.74) is 2.26. The molecule has 0 atom stereocenters. The van der Waals surface area contributed by atoms with Gasteiger partial charge < -0.3 is 9.84 Å². The lowest BCUT2D eigenvalue weighted by molar-refractivity contribution is 0.249. The van der Waals surface area contributed by atoms with E-state index in [1.54, 1.807) is 13.0 Å². The first-order valence-corrected chi connectivity index (χ1v) is 6.92. The minimum Gasteiger partial charge on any atom is -0.360 e. The molecule has 1 aromatic carbocycles. The fourth-order valence-electron chi connectivity index (χ4n) is 1.99. The maximum atomic E-state index is 11.8. The second-order valence-electron chi connectivity index (χ2n) is 5.88. The zero-order chi connectivity index (χ0) is 15.5. The summed E-state index contributed by atoms with van der Waals surface area (Å²) in [6.07, 6.45) is 0. The number of benzene rings is 1. The highest BCUT2D eigenvalue weighted by Gasteiger charge is 2.21. The molecule has 0 unspecified atom stereocenters. The van der Waals surface area contributed by atoms with Gasteiger partial charge in [0.25, 0.3) is 0 Å². The highest BCUT2D eigenvalue weighted by atomic mass is 16.5. The van der Waals surface area contributed by atoms with Crippen LogP contribution in [0, 0.1) is 13.8 Å². The van der Waals surface area contributed by atoms with Crippen molar-refractivity contribution in [2.24, 2.45) is 0 Å². The Labute approximate surface area is 124 Å². The summed E-state index contributed by atoms with van der Waals surface area (Å²) in [7, 11) is 0. The Morgan fingerprint density at radius 2 is 1.90 bits per heavy atom. The summed E-state index contributed by atoms with van der Waals surface area (Å²) in [4.78, 5) is 11.8. The zero-order valence-electron chi connectivity index (χ0n) is 12.9. The fourth-order valence-corrected chi connectivity index (χ4v) is 1.99. The highest BCUT2D eigenvalue weighted by Crippen LogP contribution is 2.22. The molecular formula is C16H21N3O2. The molecule has 0 aliphatic heterocycles. The van der Waals surface area contributed by atoms with Crippen LogP contribution in [0.1, 0.15) is 30.7 Å². The molecular weight excluding hydrogens is 266 g/mol.